The van der Waals surface area contributed by atoms with E-state index in [9.17, 15) is 5.11 Å². The number of pyridine rings is 2. The van der Waals surface area contributed by atoms with Crippen molar-refractivity contribution in [3.63, 3.8) is 0 Å². The molecule has 0 aliphatic rings. The van der Waals surface area contributed by atoms with Crippen molar-refractivity contribution in [2.24, 2.45) is 0 Å². The third-order valence-corrected chi connectivity index (χ3v) is 8.89. The molecule has 0 bridgehead atoms. The molecular weight excluding hydrogens is 564 g/mol. The quantitative estimate of drug-likeness (QED) is 0.221. The number of hydrogen-bond acceptors (Lipinski definition) is 3. The Balaban J connectivity index is 1.30. The molecule has 1 N–H and O–H groups in total. The van der Waals surface area contributed by atoms with Gasteiger partial charge in [-0.05, 0) is 91.3 Å². The molecule has 0 fully saturated rings. The van der Waals surface area contributed by atoms with Gasteiger partial charge in [0, 0.05) is 50.2 Å². The Bertz CT molecular complexity index is 2610. The van der Waals surface area contributed by atoms with E-state index in [2.05, 4.69) is 119 Å². The second kappa shape index (κ2) is 10.2. The molecule has 9 rings (SSSR count). The lowest BCUT2D eigenvalue weighted by Crippen LogP contribution is -1.97. The van der Waals surface area contributed by atoms with Crippen LogP contribution >= 0.6 is 0 Å². The van der Waals surface area contributed by atoms with E-state index in [0.717, 1.165) is 56.0 Å². The molecule has 5 heteroatoms. The lowest BCUT2D eigenvalue weighted by molar-refractivity contribution is 0.477. The van der Waals surface area contributed by atoms with Crippen molar-refractivity contribution < 1.29 is 5.11 Å². The van der Waals surface area contributed by atoms with Crippen molar-refractivity contribution >= 4 is 43.7 Å². The van der Waals surface area contributed by atoms with Gasteiger partial charge in [-0.15, -0.1) is 0 Å². The fraction of sp³-hybridized carbons (Fsp3) is 0.0244. The van der Waals surface area contributed by atoms with Crippen LogP contribution in [-0.4, -0.2) is 24.2 Å². The molecule has 0 aliphatic carbocycles. The topological polar surface area (TPSA) is 55.9 Å². The Labute approximate surface area is 265 Å². The minimum Gasteiger partial charge on any atom is -0.507 e. The van der Waals surface area contributed by atoms with Crippen LogP contribution in [0.1, 0.15) is 5.56 Å². The number of aryl methyl sites for hydroxylation is 1. The van der Waals surface area contributed by atoms with Gasteiger partial charge >= 0.3 is 0 Å². The molecule has 0 radical (unpaired) electrons. The molecule has 4 heterocycles. The third kappa shape index (κ3) is 3.95. The summed E-state index contributed by atoms with van der Waals surface area (Å²) in [7, 11) is 0. The maximum atomic E-state index is 10.5. The van der Waals surface area contributed by atoms with Gasteiger partial charge in [-0.3, -0.25) is 4.57 Å². The standard InChI is InChI=1S/C41H28N4O/c1-26-23-33(43-34(24-26)30-15-6-8-19-38(30)46)27-11-9-14-29(25-27)45-37-21-20-36-39(40(37)32-17-10-22-42-41(32)45)31-16-5-7-18-35(31)44(36)28-12-3-2-4-13-28/h2-25,46H,1H3. The summed E-state index contributed by atoms with van der Waals surface area (Å²) in [5.74, 6) is 0.219. The number of benzene rings is 5. The van der Waals surface area contributed by atoms with Crippen molar-refractivity contribution in [3.05, 3.63) is 151 Å². The maximum Gasteiger partial charge on any atom is 0.145 e. The molecule has 0 spiro atoms. The van der Waals surface area contributed by atoms with Gasteiger partial charge in [-0.25, -0.2) is 9.97 Å². The number of hydrogen-bond donors (Lipinski definition) is 1. The van der Waals surface area contributed by atoms with Crippen molar-refractivity contribution in [3.8, 4) is 39.6 Å². The molecule has 9 aromatic rings. The van der Waals surface area contributed by atoms with Crippen molar-refractivity contribution in [1.82, 2.24) is 19.1 Å². The zero-order valence-electron chi connectivity index (χ0n) is 25.1. The van der Waals surface area contributed by atoms with Gasteiger partial charge in [0.1, 0.15) is 11.4 Å². The van der Waals surface area contributed by atoms with Crippen LogP contribution in [0.3, 0.4) is 0 Å². The van der Waals surface area contributed by atoms with Crippen molar-refractivity contribution in [2.75, 3.05) is 0 Å². The zero-order valence-corrected chi connectivity index (χ0v) is 25.1. The highest BCUT2D eigenvalue weighted by Gasteiger charge is 2.21. The first-order valence-electron chi connectivity index (χ1n) is 15.4. The van der Waals surface area contributed by atoms with E-state index in [1.807, 2.05) is 36.5 Å². The first-order valence-corrected chi connectivity index (χ1v) is 15.4. The van der Waals surface area contributed by atoms with Crippen molar-refractivity contribution in [2.45, 2.75) is 6.92 Å². The number of phenols is 1. The number of aromatic nitrogens is 4. The molecule has 4 aromatic heterocycles. The van der Waals surface area contributed by atoms with Crippen LogP contribution in [0.15, 0.2) is 146 Å². The molecule has 0 atom stereocenters. The van der Waals surface area contributed by atoms with E-state index >= 15 is 0 Å². The Morgan fingerprint density at radius 1 is 0.543 bits per heavy atom. The second-order valence-electron chi connectivity index (χ2n) is 11.7. The minimum atomic E-state index is 0.219. The van der Waals surface area contributed by atoms with Gasteiger partial charge in [0.15, 0.2) is 0 Å². The first-order chi connectivity index (χ1) is 22.7. The highest BCUT2D eigenvalue weighted by Crippen LogP contribution is 2.42. The van der Waals surface area contributed by atoms with Gasteiger partial charge in [0.05, 0.1) is 27.9 Å². The number of fused-ring (bicyclic) bond motifs is 7. The molecule has 0 saturated heterocycles. The molecule has 0 saturated carbocycles. The van der Waals surface area contributed by atoms with Crippen LogP contribution in [0.4, 0.5) is 0 Å². The normalized spacial score (nSPS) is 11.7. The number of para-hydroxylation sites is 3. The fourth-order valence-electron chi connectivity index (χ4n) is 6.96. The van der Waals surface area contributed by atoms with Crippen LogP contribution in [-0.2, 0) is 0 Å². The number of rotatable bonds is 4. The predicted octanol–water partition coefficient (Wildman–Crippen LogP) is 10.0. The minimum absolute atomic E-state index is 0.219. The van der Waals surface area contributed by atoms with Gasteiger partial charge in [-0.1, -0.05) is 60.7 Å². The smallest absolute Gasteiger partial charge is 0.145 e. The van der Waals surface area contributed by atoms with Gasteiger partial charge < -0.3 is 9.67 Å². The van der Waals surface area contributed by atoms with Gasteiger partial charge in [0.2, 0.25) is 0 Å². The lowest BCUT2D eigenvalue weighted by atomic mass is 10.0. The maximum absolute atomic E-state index is 10.5. The van der Waals surface area contributed by atoms with E-state index in [0.29, 0.717) is 5.56 Å². The lowest BCUT2D eigenvalue weighted by Gasteiger charge is -2.12. The van der Waals surface area contributed by atoms with Crippen LogP contribution < -0.4 is 0 Å². The Morgan fingerprint density at radius 3 is 2.11 bits per heavy atom. The third-order valence-electron chi connectivity index (χ3n) is 8.89. The Morgan fingerprint density at radius 2 is 1.24 bits per heavy atom. The summed E-state index contributed by atoms with van der Waals surface area (Å²) in [6, 6.07) is 47.8. The second-order valence-corrected chi connectivity index (χ2v) is 11.7. The zero-order chi connectivity index (χ0) is 30.8. The predicted molar refractivity (Wildman–Crippen MR) is 188 cm³/mol. The summed E-state index contributed by atoms with van der Waals surface area (Å²) in [4.78, 5) is 9.94. The monoisotopic (exact) mass is 592 g/mol. The molecular formula is C41H28N4O. The number of phenolic OH excluding ortho intramolecular Hbond substituents is 1. The van der Waals surface area contributed by atoms with Crippen LogP contribution in [0, 0.1) is 6.92 Å². The molecule has 218 valence electrons. The Hall–Kier alpha value is -6.20. The summed E-state index contributed by atoms with van der Waals surface area (Å²) in [5.41, 5.74) is 10.9. The summed E-state index contributed by atoms with van der Waals surface area (Å²) in [6.45, 7) is 2.06. The average molecular weight is 593 g/mol. The SMILES string of the molecule is Cc1cc(-c2cccc(-n3c4ccc5c(c6ccccc6n5-c5ccccc5)c4c4cccnc43)c2)nc(-c2ccccc2O)c1. The Kier molecular flexibility index (Phi) is 5.80. The van der Waals surface area contributed by atoms with Gasteiger partial charge in [-0.2, -0.15) is 0 Å². The largest absolute Gasteiger partial charge is 0.507 e. The van der Waals surface area contributed by atoms with E-state index in [-0.39, 0.29) is 5.75 Å². The van der Waals surface area contributed by atoms with E-state index in [1.54, 1.807) is 6.07 Å². The van der Waals surface area contributed by atoms with E-state index in [1.165, 1.54) is 21.7 Å². The average Bonchev–Trinajstić information content (AvgIpc) is 3.61. The molecule has 0 amide bonds. The summed E-state index contributed by atoms with van der Waals surface area (Å²) in [6.07, 6.45) is 1.87. The van der Waals surface area contributed by atoms with Crippen LogP contribution in [0.25, 0.3) is 77.6 Å². The number of aromatic hydroxyl groups is 1. The molecule has 5 aromatic carbocycles. The molecule has 0 aliphatic heterocycles. The first kappa shape index (κ1) is 26.2. The van der Waals surface area contributed by atoms with Crippen LogP contribution in [0.2, 0.25) is 0 Å². The molecule has 5 nitrogen and oxygen atoms in total. The number of nitrogens with zero attached hydrogens (tertiary/aromatic N) is 4. The summed E-state index contributed by atoms with van der Waals surface area (Å²) >= 11 is 0. The van der Waals surface area contributed by atoms with Crippen LogP contribution in [0.5, 0.6) is 5.75 Å². The fourth-order valence-corrected chi connectivity index (χ4v) is 6.96. The van der Waals surface area contributed by atoms with E-state index < -0.39 is 0 Å². The molecule has 0 unspecified atom stereocenters. The van der Waals surface area contributed by atoms with Crippen molar-refractivity contribution in [1.29, 1.82) is 0 Å². The summed E-state index contributed by atoms with van der Waals surface area (Å²) in [5, 5.41) is 15.3. The highest BCUT2D eigenvalue weighted by molar-refractivity contribution is 6.28. The van der Waals surface area contributed by atoms with E-state index in [4.69, 9.17) is 9.97 Å². The summed E-state index contributed by atoms with van der Waals surface area (Å²) < 4.78 is 4.62. The van der Waals surface area contributed by atoms with Gasteiger partial charge in [0.25, 0.3) is 0 Å². The molecule has 46 heavy (non-hydrogen) atoms. The highest BCUT2D eigenvalue weighted by atomic mass is 16.3.